The van der Waals surface area contributed by atoms with E-state index < -0.39 is 11.9 Å². The summed E-state index contributed by atoms with van der Waals surface area (Å²) in [6, 6.07) is 5.98. The predicted molar refractivity (Wildman–Crippen MR) is 71.1 cm³/mol. The summed E-state index contributed by atoms with van der Waals surface area (Å²) in [5, 5.41) is 11.1. The van der Waals surface area contributed by atoms with Gasteiger partial charge in [-0.3, -0.25) is 9.59 Å². The minimum atomic E-state index is -0.725. The number of carbonyl (C=O) groups is 2. The average molecular weight is 260 g/mol. The van der Waals surface area contributed by atoms with Gasteiger partial charge in [-0.25, -0.2) is 0 Å². The average Bonchev–Trinajstić information content (AvgIpc) is 2.39. The molecule has 0 aliphatic heterocycles. The van der Waals surface area contributed by atoms with Crippen molar-refractivity contribution in [1.29, 1.82) is 0 Å². The molecule has 1 unspecified atom stereocenters. The molecule has 1 atom stereocenters. The van der Waals surface area contributed by atoms with Crippen molar-refractivity contribution in [2.45, 2.75) is 19.4 Å². The quantitative estimate of drug-likeness (QED) is 0.666. The minimum absolute atomic E-state index is 0.00328. The second-order valence-electron chi connectivity index (χ2n) is 3.95. The lowest BCUT2D eigenvalue weighted by atomic mass is 10.1. The highest BCUT2D eigenvalue weighted by molar-refractivity contribution is 5.97. The number of aliphatic hydroxyl groups excluding tert-OH is 1. The third kappa shape index (κ3) is 4.82. The number of hydrogen-bond donors (Lipinski definition) is 3. The lowest BCUT2D eigenvalue weighted by molar-refractivity contribution is -0.119. The van der Waals surface area contributed by atoms with E-state index in [1.165, 1.54) is 6.92 Å². The number of hydrogen-bond acceptors (Lipinski definition) is 3. The Morgan fingerprint density at radius 3 is 2.84 bits per heavy atom. The summed E-state index contributed by atoms with van der Waals surface area (Å²) in [7, 11) is 0. The van der Waals surface area contributed by atoms with E-state index in [0.29, 0.717) is 17.5 Å². The second-order valence-corrected chi connectivity index (χ2v) is 3.95. The Labute approximate surface area is 111 Å². The molecule has 0 spiro atoms. The molecule has 1 aromatic carbocycles. The predicted octanol–water partition coefficient (Wildman–Crippen LogP) is 0.0241. The second kappa shape index (κ2) is 7.19. The van der Waals surface area contributed by atoms with Gasteiger partial charge in [0.1, 0.15) is 6.04 Å². The summed E-state index contributed by atoms with van der Waals surface area (Å²) >= 11 is 0. The Morgan fingerprint density at radius 1 is 1.47 bits per heavy atom. The van der Waals surface area contributed by atoms with Crippen molar-refractivity contribution >= 4 is 11.8 Å². The fourth-order valence-corrected chi connectivity index (χ4v) is 1.31. The van der Waals surface area contributed by atoms with Gasteiger partial charge in [0.15, 0.2) is 0 Å². The van der Waals surface area contributed by atoms with Crippen molar-refractivity contribution in [3.63, 3.8) is 0 Å². The van der Waals surface area contributed by atoms with Crippen LogP contribution in [0.4, 0.5) is 0 Å². The molecular weight excluding hydrogens is 244 g/mol. The summed E-state index contributed by atoms with van der Waals surface area (Å²) in [4.78, 5) is 22.7. The van der Waals surface area contributed by atoms with Crippen LogP contribution in [0.15, 0.2) is 24.3 Å². The molecule has 0 saturated carbocycles. The molecule has 2 amide bonds. The molecule has 0 aliphatic rings. The molecule has 0 saturated heterocycles. The van der Waals surface area contributed by atoms with E-state index in [0.717, 1.165) is 0 Å². The van der Waals surface area contributed by atoms with E-state index in [1.807, 2.05) is 0 Å². The summed E-state index contributed by atoms with van der Waals surface area (Å²) in [5.41, 5.74) is 6.15. The van der Waals surface area contributed by atoms with Crippen molar-refractivity contribution in [2.24, 2.45) is 5.73 Å². The van der Waals surface area contributed by atoms with Gasteiger partial charge in [-0.05, 0) is 25.1 Å². The molecule has 0 bridgehead atoms. The third-order valence-electron chi connectivity index (χ3n) is 2.37. The van der Waals surface area contributed by atoms with Gasteiger partial charge in [0.25, 0.3) is 5.91 Å². The van der Waals surface area contributed by atoms with Gasteiger partial charge < -0.3 is 16.2 Å². The van der Waals surface area contributed by atoms with E-state index in [2.05, 4.69) is 17.2 Å². The normalized spacial score (nSPS) is 11.1. The summed E-state index contributed by atoms with van der Waals surface area (Å²) in [6.45, 7) is 1.52. The molecule has 0 aliphatic carbocycles. The molecule has 0 heterocycles. The van der Waals surface area contributed by atoms with E-state index in [1.54, 1.807) is 24.3 Å². The van der Waals surface area contributed by atoms with Crippen LogP contribution in [-0.4, -0.2) is 29.6 Å². The van der Waals surface area contributed by atoms with Crippen molar-refractivity contribution < 1.29 is 14.7 Å². The molecular formula is C14H16N2O3. The van der Waals surface area contributed by atoms with Crippen LogP contribution in [0.2, 0.25) is 0 Å². The van der Waals surface area contributed by atoms with Crippen molar-refractivity contribution in [3.8, 4) is 11.8 Å². The highest BCUT2D eigenvalue weighted by atomic mass is 16.2. The molecule has 1 rings (SSSR count). The third-order valence-corrected chi connectivity index (χ3v) is 2.37. The van der Waals surface area contributed by atoms with Crippen LogP contribution in [0, 0.1) is 11.8 Å². The first kappa shape index (κ1) is 14.7. The van der Waals surface area contributed by atoms with E-state index >= 15 is 0 Å². The zero-order chi connectivity index (χ0) is 14.3. The molecule has 1 aromatic rings. The Balaban J connectivity index is 2.79. The molecule has 5 heteroatoms. The topological polar surface area (TPSA) is 92.4 Å². The molecule has 5 nitrogen and oxygen atoms in total. The lowest BCUT2D eigenvalue weighted by Gasteiger charge is -2.10. The van der Waals surface area contributed by atoms with Crippen LogP contribution in [-0.2, 0) is 4.79 Å². The zero-order valence-electron chi connectivity index (χ0n) is 10.6. The van der Waals surface area contributed by atoms with Gasteiger partial charge in [0.2, 0.25) is 5.91 Å². The SMILES string of the molecule is CC(NC(=O)c1cccc(C#CCCO)c1)C(N)=O. The first-order valence-corrected chi connectivity index (χ1v) is 5.84. The molecule has 0 radical (unpaired) electrons. The van der Waals surface area contributed by atoms with Crippen molar-refractivity contribution in [3.05, 3.63) is 35.4 Å². The van der Waals surface area contributed by atoms with Crippen LogP contribution in [0.3, 0.4) is 0 Å². The first-order chi connectivity index (χ1) is 9.04. The molecule has 19 heavy (non-hydrogen) atoms. The number of benzene rings is 1. The maximum absolute atomic E-state index is 11.8. The maximum atomic E-state index is 11.8. The van der Waals surface area contributed by atoms with Gasteiger partial charge >= 0.3 is 0 Å². The number of aliphatic hydroxyl groups is 1. The van der Waals surface area contributed by atoms with Crippen LogP contribution in [0.25, 0.3) is 0 Å². The fourth-order valence-electron chi connectivity index (χ4n) is 1.31. The van der Waals surface area contributed by atoms with Crippen LogP contribution in [0.5, 0.6) is 0 Å². The molecule has 100 valence electrons. The summed E-state index contributed by atoms with van der Waals surface area (Å²) < 4.78 is 0. The standard InChI is InChI=1S/C14H16N2O3/c1-10(13(15)18)16-14(19)12-7-4-6-11(9-12)5-2-3-8-17/h4,6-7,9-10,17H,3,8H2,1H3,(H2,15,18)(H,16,19). The van der Waals surface area contributed by atoms with E-state index in [4.69, 9.17) is 10.8 Å². The number of amides is 2. The first-order valence-electron chi connectivity index (χ1n) is 5.84. The maximum Gasteiger partial charge on any atom is 0.251 e. The number of rotatable bonds is 4. The Hall–Kier alpha value is -2.32. The van der Waals surface area contributed by atoms with Crippen LogP contribution in [0.1, 0.15) is 29.3 Å². The van der Waals surface area contributed by atoms with Crippen LogP contribution >= 0.6 is 0 Å². The number of primary amides is 1. The summed E-state index contributed by atoms with van der Waals surface area (Å²) in [6.07, 6.45) is 0.384. The van der Waals surface area contributed by atoms with E-state index in [9.17, 15) is 9.59 Å². The number of carbonyl (C=O) groups excluding carboxylic acids is 2. The lowest BCUT2D eigenvalue weighted by Crippen LogP contribution is -2.42. The van der Waals surface area contributed by atoms with Gasteiger partial charge in [0.05, 0.1) is 6.61 Å². The van der Waals surface area contributed by atoms with Gasteiger partial charge in [0, 0.05) is 17.5 Å². The smallest absolute Gasteiger partial charge is 0.251 e. The number of nitrogens with two attached hydrogens (primary N) is 1. The fraction of sp³-hybridized carbons (Fsp3) is 0.286. The molecule has 4 N–H and O–H groups in total. The monoisotopic (exact) mass is 260 g/mol. The van der Waals surface area contributed by atoms with Gasteiger partial charge in [-0.2, -0.15) is 0 Å². The highest BCUT2D eigenvalue weighted by Gasteiger charge is 2.13. The van der Waals surface area contributed by atoms with Crippen molar-refractivity contribution in [1.82, 2.24) is 5.32 Å². The summed E-state index contributed by atoms with van der Waals surface area (Å²) in [5.74, 6) is 4.64. The molecule has 0 fully saturated rings. The van der Waals surface area contributed by atoms with Crippen molar-refractivity contribution in [2.75, 3.05) is 6.61 Å². The Bertz CT molecular complexity index is 529. The highest BCUT2D eigenvalue weighted by Crippen LogP contribution is 2.04. The van der Waals surface area contributed by atoms with Gasteiger partial charge in [-0.15, -0.1) is 0 Å². The van der Waals surface area contributed by atoms with Gasteiger partial charge in [-0.1, -0.05) is 17.9 Å². The number of nitrogens with one attached hydrogen (secondary N) is 1. The Morgan fingerprint density at radius 2 is 2.21 bits per heavy atom. The molecule has 0 aromatic heterocycles. The van der Waals surface area contributed by atoms with Crippen LogP contribution < -0.4 is 11.1 Å². The van der Waals surface area contributed by atoms with E-state index in [-0.39, 0.29) is 12.5 Å². The zero-order valence-corrected chi connectivity index (χ0v) is 10.6. The Kier molecular flexibility index (Phi) is 5.58. The minimum Gasteiger partial charge on any atom is -0.395 e. The largest absolute Gasteiger partial charge is 0.395 e.